The van der Waals surface area contributed by atoms with Gasteiger partial charge in [0.15, 0.2) is 11.8 Å². The summed E-state index contributed by atoms with van der Waals surface area (Å²) < 4.78 is 11.1. The Morgan fingerprint density at radius 1 is 0.567 bits per heavy atom. The minimum atomic E-state index is 0.0243. The van der Waals surface area contributed by atoms with Crippen molar-refractivity contribution in [1.82, 2.24) is 0 Å². The van der Waals surface area contributed by atoms with Gasteiger partial charge in [-0.15, -0.1) is 0 Å². The molecular formula is C26H50N2O2. The lowest BCUT2D eigenvalue weighted by Crippen LogP contribution is -2.17. The van der Waals surface area contributed by atoms with E-state index in [1.54, 1.807) is 0 Å². The summed E-state index contributed by atoms with van der Waals surface area (Å²) >= 11 is 0. The van der Waals surface area contributed by atoms with Crippen molar-refractivity contribution in [1.29, 1.82) is 0 Å². The van der Waals surface area contributed by atoms with Gasteiger partial charge in [0.2, 0.25) is 0 Å². The minimum Gasteiger partial charge on any atom is -0.478 e. The standard InChI is InChI=1S/C14H27NO.C12H23NO/c1-4-5-6-7-8-9-10-11-13-15-14(2,3)12-16-13;1-4-5-6-7-8-9-11-13-12(2,3)10-14-11/h4-12H2,1-3H3;4-10H2,1-3H3. The Morgan fingerprint density at radius 3 is 1.20 bits per heavy atom. The highest BCUT2D eigenvalue weighted by atomic mass is 16.5. The summed E-state index contributed by atoms with van der Waals surface area (Å²) in [6, 6.07) is 0. The number of unbranched alkanes of at least 4 members (excludes halogenated alkanes) is 10. The third-order valence-corrected chi connectivity index (χ3v) is 5.53. The van der Waals surface area contributed by atoms with Crippen molar-refractivity contribution in [2.45, 2.75) is 143 Å². The summed E-state index contributed by atoms with van der Waals surface area (Å²) in [4.78, 5) is 9.09. The highest BCUT2D eigenvalue weighted by Gasteiger charge is 2.26. The van der Waals surface area contributed by atoms with Crippen LogP contribution in [0.3, 0.4) is 0 Å². The van der Waals surface area contributed by atoms with Gasteiger partial charge in [-0.05, 0) is 40.5 Å². The molecule has 0 saturated carbocycles. The first-order valence-corrected chi connectivity index (χ1v) is 12.7. The maximum absolute atomic E-state index is 5.56. The van der Waals surface area contributed by atoms with Crippen molar-refractivity contribution in [3.05, 3.63) is 0 Å². The fraction of sp³-hybridized carbons (Fsp3) is 0.923. The number of rotatable bonds is 14. The summed E-state index contributed by atoms with van der Waals surface area (Å²) in [5.41, 5.74) is 0.0508. The number of nitrogens with zero attached hydrogens (tertiary/aromatic N) is 2. The molecule has 4 heteroatoms. The van der Waals surface area contributed by atoms with Gasteiger partial charge in [-0.1, -0.05) is 78.1 Å². The van der Waals surface area contributed by atoms with Gasteiger partial charge < -0.3 is 9.47 Å². The molecule has 0 radical (unpaired) electrons. The second kappa shape index (κ2) is 14.9. The summed E-state index contributed by atoms with van der Waals surface area (Å²) in [7, 11) is 0. The van der Waals surface area contributed by atoms with E-state index in [4.69, 9.17) is 9.47 Å². The second-order valence-corrected chi connectivity index (χ2v) is 10.2. The number of ether oxygens (including phenoxy) is 2. The zero-order valence-electron chi connectivity index (χ0n) is 21.0. The van der Waals surface area contributed by atoms with Gasteiger partial charge in [0.05, 0.1) is 11.1 Å². The van der Waals surface area contributed by atoms with Crippen LogP contribution in [-0.4, -0.2) is 36.1 Å². The summed E-state index contributed by atoms with van der Waals surface area (Å²) in [6.07, 6.45) is 18.1. The largest absolute Gasteiger partial charge is 0.478 e. The Hall–Kier alpha value is -1.06. The van der Waals surface area contributed by atoms with Gasteiger partial charge in [-0.2, -0.15) is 0 Å². The third kappa shape index (κ3) is 13.3. The molecule has 0 aliphatic carbocycles. The third-order valence-electron chi connectivity index (χ3n) is 5.53. The Labute approximate surface area is 187 Å². The average molecular weight is 423 g/mol. The quantitative estimate of drug-likeness (QED) is 0.267. The number of aliphatic imine (C=N–C) groups is 2. The molecule has 0 unspecified atom stereocenters. The fourth-order valence-electron chi connectivity index (χ4n) is 3.69. The molecule has 0 aromatic heterocycles. The molecule has 0 amide bonds. The molecule has 0 fully saturated rings. The maximum atomic E-state index is 5.56. The molecule has 0 aromatic carbocycles. The van der Waals surface area contributed by atoms with E-state index in [1.165, 1.54) is 77.0 Å². The van der Waals surface area contributed by atoms with E-state index in [-0.39, 0.29) is 11.1 Å². The molecule has 176 valence electrons. The molecule has 2 aliphatic heterocycles. The van der Waals surface area contributed by atoms with Crippen LogP contribution in [0.15, 0.2) is 9.98 Å². The Kier molecular flexibility index (Phi) is 13.4. The van der Waals surface area contributed by atoms with Crippen molar-refractivity contribution >= 4 is 11.8 Å². The molecule has 0 atom stereocenters. The Bertz CT molecular complexity index is 509. The average Bonchev–Trinajstić information content (AvgIpc) is 3.22. The molecule has 0 bridgehead atoms. The molecule has 4 nitrogen and oxygen atoms in total. The van der Waals surface area contributed by atoms with Crippen LogP contribution >= 0.6 is 0 Å². The molecule has 0 aromatic rings. The summed E-state index contributed by atoms with van der Waals surface area (Å²) in [5, 5.41) is 0. The van der Waals surface area contributed by atoms with Crippen LogP contribution in [0.4, 0.5) is 0 Å². The van der Waals surface area contributed by atoms with E-state index in [0.29, 0.717) is 0 Å². The first kappa shape index (κ1) is 27.0. The molecule has 0 spiro atoms. The smallest absolute Gasteiger partial charge is 0.183 e. The van der Waals surface area contributed by atoms with Crippen molar-refractivity contribution < 1.29 is 9.47 Å². The van der Waals surface area contributed by atoms with Crippen LogP contribution in [0.25, 0.3) is 0 Å². The van der Waals surface area contributed by atoms with Gasteiger partial charge >= 0.3 is 0 Å². The summed E-state index contributed by atoms with van der Waals surface area (Å²) in [5.74, 6) is 1.96. The van der Waals surface area contributed by atoms with Crippen LogP contribution in [-0.2, 0) is 9.47 Å². The van der Waals surface area contributed by atoms with Crippen molar-refractivity contribution in [2.75, 3.05) is 13.2 Å². The second-order valence-electron chi connectivity index (χ2n) is 10.2. The van der Waals surface area contributed by atoms with E-state index >= 15 is 0 Å². The van der Waals surface area contributed by atoms with E-state index in [1.807, 2.05) is 0 Å². The van der Waals surface area contributed by atoms with Crippen LogP contribution < -0.4 is 0 Å². The number of hydrogen-bond donors (Lipinski definition) is 0. The van der Waals surface area contributed by atoms with Gasteiger partial charge in [-0.3, -0.25) is 0 Å². The highest BCUT2D eigenvalue weighted by Crippen LogP contribution is 2.20. The van der Waals surface area contributed by atoms with E-state index in [9.17, 15) is 0 Å². The van der Waals surface area contributed by atoms with Crippen LogP contribution in [0, 0.1) is 0 Å². The zero-order valence-corrected chi connectivity index (χ0v) is 21.0. The number of hydrogen-bond acceptors (Lipinski definition) is 4. The summed E-state index contributed by atoms with van der Waals surface area (Å²) in [6.45, 7) is 14.5. The Morgan fingerprint density at radius 2 is 0.900 bits per heavy atom. The molecular weight excluding hydrogens is 372 g/mol. The van der Waals surface area contributed by atoms with E-state index in [2.05, 4.69) is 51.5 Å². The fourth-order valence-corrected chi connectivity index (χ4v) is 3.69. The van der Waals surface area contributed by atoms with Crippen LogP contribution in [0.5, 0.6) is 0 Å². The molecule has 2 rings (SSSR count). The van der Waals surface area contributed by atoms with Crippen LogP contribution in [0.1, 0.15) is 131 Å². The van der Waals surface area contributed by atoms with E-state index < -0.39 is 0 Å². The SMILES string of the molecule is CCCCCCCC1=NC(C)(C)CO1.CCCCCCCCCC1=NC(C)(C)CO1. The van der Waals surface area contributed by atoms with Gasteiger partial charge in [0, 0.05) is 12.8 Å². The topological polar surface area (TPSA) is 43.2 Å². The van der Waals surface area contributed by atoms with E-state index in [0.717, 1.165) is 37.9 Å². The predicted molar refractivity (Wildman–Crippen MR) is 131 cm³/mol. The van der Waals surface area contributed by atoms with Gasteiger partial charge in [0.1, 0.15) is 13.2 Å². The molecule has 2 aliphatic rings. The minimum absolute atomic E-state index is 0.0243. The predicted octanol–water partition coefficient (Wildman–Crippen LogP) is 7.89. The van der Waals surface area contributed by atoms with Crippen molar-refractivity contribution in [3.63, 3.8) is 0 Å². The molecule has 0 saturated heterocycles. The first-order valence-electron chi connectivity index (χ1n) is 12.7. The lowest BCUT2D eigenvalue weighted by atomic mass is 10.1. The highest BCUT2D eigenvalue weighted by molar-refractivity contribution is 5.78. The maximum Gasteiger partial charge on any atom is 0.183 e. The molecule has 30 heavy (non-hydrogen) atoms. The lowest BCUT2D eigenvalue weighted by molar-refractivity contribution is 0.273. The van der Waals surface area contributed by atoms with Crippen molar-refractivity contribution in [2.24, 2.45) is 9.98 Å². The Balaban J connectivity index is 0.000000303. The molecule has 2 heterocycles. The van der Waals surface area contributed by atoms with Gasteiger partial charge in [-0.25, -0.2) is 9.98 Å². The zero-order chi connectivity index (χ0) is 22.3. The normalized spacial score (nSPS) is 18.7. The molecule has 0 N–H and O–H groups in total. The monoisotopic (exact) mass is 422 g/mol. The lowest BCUT2D eigenvalue weighted by Gasteiger charge is -2.07. The van der Waals surface area contributed by atoms with Crippen molar-refractivity contribution in [3.8, 4) is 0 Å². The van der Waals surface area contributed by atoms with Crippen LogP contribution in [0.2, 0.25) is 0 Å². The first-order chi connectivity index (χ1) is 14.3. The van der Waals surface area contributed by atoms with Gasteiger partial charge in [0.25, 0.3) is 0 Å².